The molecule has 0 unspecified atom stereocenters. The van der Waals surface area contributed by atoms with Crippen molar-refractivity contribution >= 4 is 22.9 Å². The molecule has 0 fully saturated rings. The number of nitrogens with one attached hydrogen (secondary N) is 1. The number of anilines is 1. The Hall–Kier alpha value is -2.79. The number of thiophene rings is 1. The lowest BCUT2D eigenvalue weighted by Gasteiger charge is -2.09. The maximum absolute atomic E-state index is 12.4. The van der Waals surface area contributed by atoms with Crippen molar-refractivity contribution in [2.45, 2.75) is 27.4 Å². The molecule has 3 aromatic rings. The van der Waals surface area contributed by atoms with Crippen LogP contribution in [0, 0.1) is 13.8 Å². The molecular formula is C22H23NO3S. The third-order valence-electron chi connectivity index (χ3n) is 4.25. The van der Waals surface area contributed by atoms with Crippen molar-refractivity contribution in [3.8, 4) is 11.5 Å². The molecule has 140 valence electrons. The van der Waals surface area contributed by atoms with Gasteiger partial charge in [-0.3, -0.25) is 4.79 Å². The van der Waals surface area contributed by atoms with E-state index in [1.165, 1.54) is 16.9 Å². The molecule has 0 atom stereocenters. The topological polar surface area (TPSA) is 47.6 Å². The van der Waals surface area contributed by atoms with Crippen molar-refractivity contribution in [3.05, 3.63) is 75.5 Å². The van der Waals surface area contributed by atoms with E-state index in [0.29, 0.717) is 18.1 Å². The van der Waals surface area contributed by atoms with Gasteiger partial charge in [0.25, 0.3) is 5.91 Å². The molecule has 5 heteroatoms. The van der Waals surface area contributed by atoms with E-state index in [9.17, 15) is 4.79 Å². The monoisotopic (exact) mass is 381 g/mol. The average molecular weight is 381 g/mol. The van der Waals surface area contributed by atoms with E-state index in [1.54, 1.807) is 0 Å². The van der Waals surface area contributed by atoms with Crippen LogP contribution in [-0.2, 0) is 6.61 Å². The van der Waals surface area contributed by atoms with Gasteiger partial charge in [-0.1, -0.05) is 12.1 Å². The van der Waals surface area contributed by atoms with Crippen LogP contribution in [0.5, 0.6) is 11.5 Å². The van der Waals surface area contributed by atoms with Crippen LogP contribution in [0.2, 0.25) is 0 Å². The first-order valence-corrected chi connectivity index (χ1v) is 9.75. The number of amides is 1. The van der Waals surface area contributed by atoms with Crippen LogP contribution >= 0.6 is 11.3 Å². The molecule has 2 aromatic carbocycles. The standard InChI is InChI=1S/C22H23NO3S/c1-4-25-19-10-8-18(9-11-19)23-22(24)21-12-17(14-27-21)13-26-20-7-5-6-15(2)16(20)3/h5-12,14H,4,13H2,1-3H3,(H,23,24). The lowest BCUT2D eigenvalue weighted by atomic mass is 10.1. The third kappa shape index (κ3) is 4.89. The van der Waals surface area contributed by atoms with Gasteiger partial charge in [0.2, 0.25) is 0 Å². The summed E-state index contributed by atoms with van der Waals surface area (Å²) < 4.78 is 11.3. The summed E-state index contributed by atoms with van der Waals surface area (Å²) in [6.07, 6.45) is 0. The highest BCUT2D eigenvalue weighted by atomic mass is 32.1. The smallest absolute Gasteiger partial charge is 0.265 e. The van der Waals surface area contributed by atoms with Crippen LogP contribution < -0.4 is 14.8 Å². The molecule has 1 heterocycles. The molecule has 0 saturated carbocycles. The van der Waals surface area contributed by atoms with Crippen LogP contribution in [0.25, 0.3) is 0 Å². The van der Waals surface area contributed by atoms with Crippen LogP contribution in [0.15, 0.2) is 53.9 Å². The van der Waals surface area contributed by atoms with Crippen molar-refractivity contribution in [1.29, 1.82) is 0 Å². The summed E-state index contributed by atoms with van der Waals surface area (Å²) in [6, 6.07) is 15.3. The normalized spacial score (nSPS) is 10.5. The summed E-state index contributed by atoms with van der Waals surface area (Å²) in [7, 11) is 0. The zero-order chi connectivity index (χ0) is 19.2. The lowest BCUT2D eigenvalue weighted by molar-refractivity contribution is 0.103. The molecular weight excluding hydrogens is 358 g/mol. The second-order valence-electron chi connectivity index (χ2n) is 6.22. The first kappa shape index (κ1) is 19.0. The van der Waals surface area contributed by atoms with Crippen LogP contribution in [0.4, 0.5) is 5.69 Å². The summed E-state index contributed by atoms with van der Waals surface area (Å²) in [5.41, 5.74) is 4.07. The molecule has 0 saturated heterocycles. The minimum atomic E-state index is -0.123. The maximum atomic E-state index is 12.4. The van der Waals surface area contributed by atoms with E-state index >= 15 is 0 Å². The predicted octanol–water partition coefficient (Wildman–Crippen LogP) is 5.59. The predicted molar refractivity (Wildman–Crippen MR) is 110 cm³/mol. The van der Waals surface area contributed by atoms with Crippen molar-refractivity contribution < 1.29 is 14.3 Å². The Labute approximate surface area is 163 Å². The van der Waals surface area contributed by atoms with Crippen molar-refractivity contribution in [2.24, 2.45) is 0 Å². The molecule has 3 rings (SSSR count). The van der Waals surface area contributed by atoms with Gasteiger partial charge in [0.15, 0.2) is 0 Å². The van der Waals surface area contributed by atoms with Gasteiger partial charge < -0.3 is 14.8 Å². The fourth-order valence-electron chi connectivity index (χ4n) is 2.61. The highest BCUT2D eigenvalue weighted by molar-refractivity contribution is 7.12. The van der Waals surface area contributed by atoms with E-state index in [-0.39, 0.29) is 5.91 Å². The molecule has 1 aromatic heterocycles. The minimum Gasteiger partial charge on any atom is -0.494 e. The quantitative estimate of drug-likeness (QED) is 0.580. The minimum absolute atomic E-state index is 0.123. The SMILES string of the molecule is CCOc1ccc(NC(=O)c2cc(COc3cccc(C)c3C)cs2)cc1. The number of carbonyl (C=O) groups is 1. The fraction of sp³-hybridized carbons (Fsp3) is 0.227. The van der Waals surface area contributed by atoms with Gasteiger partial charge in [-0.25, -0.2) is 0 Å². The zero-order valence-corrected chi connectivity index (χ0v) is 16.6. The number of rotatable bonds is 7. The van der Waals surface area contributed by atoms with Crippen molar-refractivity contribution in [1.82, 2.24) is 0 Å². The van der Waals surface area contributed by atoms with E-state index in [4.69, 9.17) is 9.47 Å². The molecule has 0 spiro atoms. The summed E-state index contributed by atoms with van der Waals surface area (Å²) in [6.45, 7) is 7.11. The Kier molecular flexibility index (Phi) is 6.14. The van der Waals surface area contributed by atoms with Crippen LogP contribution in [0.1, 0.15) is 33.3 Å². The largest absolute Gasteiger partial charge is 0.494 e. The third-order valence-corrected chi connectivity index (χ3v) is 5.23. The lowest BCUT2D eigenvalue weighted by Crippen LogP contribution is -2.10. The van der Waals surface area contributed by atoms with E-state index in [0.717, 1.165) is 28.3 Å². The van der Waals surface area contributed by atoms with Gasteiger partial charge in [-0.2, -0.15) is 0 Å². The second kappa shape index (κ2) is 8.73. The number of hydrogen-bond acceptors (Lipinski definition) is 4. The van der Waals surface area contributed by atoms with Gasteiger partial charge in [-0.15, -0.1) is 11.3 Å². The average Bonchev–Trinajstić information content (AvgIpc) is 3.14. The summed E-state index contributed by atoms with van der Waals surface area (Å²) >= 11 is 1.41. The summed E-state index contributed by atoms with van der Waals surface area (Å²) in [4.78, 5) is 13.1. The summed E-state index contributed by atoms with van der Waals surface area (Å²) in [5, 5.41) is 4.86. The Morgan fingerprint density at radius 3 is 2.59 bits per heavy atom. The van der Waals surface area contributed by atoms with Gasteiger partial charge in [0.05, 0.1) is 11.5 Å². The Bertz CT molecular complexity index is 916. The zero-order valence-electron chi connectivity index (χ0n) is 15.7. The number of hydrogen-bond donors (Lipinski definition) is 1. The highest BCUT2D eigenvalue weighted by Gasteiger charge is 2.11. The molecule has 0 radical (unpaired) electrons. The Balaban J connectivity index is 1.59. The van der Waals surface area contributed by atoms with E-state index in [2.05, 4.69) is 18.3 Å². The number of ether oxygens (including phenoxy) is 2. The first-order valence-electron chi connectivity index (χ1n) is 8.87. The second-order valence-corrected chi connectivity index (χ2v) is 7.13. The number of aryl methyl sites for hydroxylation is 1. The van der Waals surface area contributed by atoms with Gasteiger partial charge in [-0.05, 0) is 73.7 Å². The molecule has 1 amide bonds. The number of benzene rings is 2. The molecule has 27 heavy (non-hydrogen) atoms. The Morgan fingerprint density at radius 2 is 1.85 bits per heavy atom. The van der Waals surface area contributed by atoms with Gasteiger partial charge >= 0.3 is 0 Å². The Morgan fingerprint density at radius 1 is 1.07 bits per heavy atom. The first-order chi connectivity index (χ1) is 13.1. The molecule has 0 aliphatic carbocycles. The molecule has 0 aliphatic heterocycles. The molecule has 4 nitrogen and oxygen atoms in total. The number of carbonyl (C=O) groups excluding carboxylic acids is 1. The fourth-order valence-corrected chi connectivity index (χ4v) is 3.40. The molecule has 0 aliphatic rings. The molecule has 0 bridgehead atoms. The van der Waals surface area contributed by atoms with Crippen LogP contribution in [0.3, 0.4) is 0 Å². The highest BCUT2D eigenvalue weighted by Crippen LogP contribution is 2.24. The van der Waals surface area contributed by atoms with E-state index < -0.39 is 0 Å². The van der Waals surface area contributed by atoms with Crippen molar-refractivity contribution in [3.63, 3.8) is 0 Å². The molecule has 1 N–H and O–H groups in total. The van der Waals surface area contributed by atoms with E-state index in [1.807, 2.05) is 61.7 Å². The van der Waals surface area contributed by atoms with Gasteiger partial charge in [0.1, 0.15) is 18.1 Å². The van der Waals surface area contributed by atoms with Gasteiger partial charge in [0, 0.05) is 11.3 Å². The maximum Gasteiger partial charge on any atom is 0.265 e. The summed E-state index contributed by atoms with van der Waals surface area (Å²) in [5.74, 6) is 1.54. The van der Waals surface area contributed by atoms with Crippen molar-refractivity contribution in [2.75, 3.05) is 11.9 Å². The van der Waals surface area contributed by atoms with Crippen LogP contribution in [-0.4, -0.2) is 12.5 Å².